The molecule has 1 unspecified atom stereocenters. The summed E-state index contributed by atoms with van der Waals surface area (Å²) in [5.74, 6) is 0. The Bertz CT molecular complexity index is 483. The number of aliphatic hydroxyl groups is 1. The minimum Gasteiger partial charge on any atom is -0.393 e. The van der Waals surface area contributed by atoms with Crippen LogP contribution in [0.5, 0.6) is 0 Å². The Kier molecular flexibility index (Phi) is 5.93. The van der Waals surface area contributed by atoms with E-state index in [0.717, 1.165) is 5.56 Å². The third-order valence-corrected chi connectivity index (χ3v) is 4.75. The summed E-state index contributed by atoms with van der Waals surface area (Å²) in [6, 6.07) is 6.82. The number of nitrogens with zero attached hydrogens (tertiary/aromatic N) is 1. The molecule has 0 saturated carbocycles. The molecule has 1 aromatic rings. The third-order valence-electron chi connectivity index (χ3n) is 2.87. The van der Waals surface area contributed by atoms with Crippen LogP contribution in [0.2, 0.25) is 0 Å². The number of rotatable bonds is 7. The highest BCUT2D eigenvalue weighted by atomic mass is 32.2. The molecule has 1 rings (SSSR count). The van der Waals surface area contributed by atoms with Crippen molar-refractivity contribution in [2.75, 3.05) is 20.6 Å². The lowest BCUT2D eigenvalue weighted by molar-refractivity contribution is 0.177. The SMILES string of the molecule is CNCc1ccc(S(=O)(=O)N(C)CCC(C)O)cc1. The average molecular weight is 286 g/mol. The number of benzene rings is 1. The molecular formula is C13H22N2O3S. The molecule has 0 aliphatic carbocycles. The number of hydrogen-bond donors (Lipinski definition) is 2. The molecule has 0 aliphatic heterocycles. The highest BCUT2D eigenvalue weighted by Gasteiger charge is 2.20. The highest BCUT2D eigenvalue weighted by molar-refractivity contribution is 7.89. The van der Waals surface area contributed by atoms with E-state index in [9.17, 15) is 13.5 Å². The smallest absolute Gasteiger partial charge is 0.242 e. The summed E-state index contributed by atoms with van der Waals surface area (Å²) in [6.45, 7) is 2.66. The van der Waals surface area contributed by atoms with Crippen molar-refractivity contribution in [3.05, 3.63) is 29.8 Å². The zero-order valence-electron chi connectivity index (χ0n) is 11.6. The highest BCUT2D eigenvalue weighted by Crippen LogP contribution is 2.15. The molecule has 1 atom stereocenters. The normalized spacial score (nSPS) is 13.7. The van der Waals surface area contributed by atoms with Gasteiger partial charge in [0, 0.05) is 20.1 Å². The molecule has 5 nitrogen and oxygen atoms in total. The quantitative estimate of drug-likeness (QED) is 0.778. The van der Waals surface area contributed by atoms with Gasteiger partial charge in [0.05, 0.1) is 11.0 Å². The third kappa shape index (κ3) is 4.58. The van der Waals surface area contributed by atoms with E-state index in [4.69, 9.17) is 0 Å². The Balaban J connectivity index is 2.81. The van der Waals surface area contributed by atoms with Gasteiger partial charge in [-0.1, -0.05) is 12.1 Å². The van der Waals surface area contributed by atoms with Gasteiger partial charge in [0.1, 0.15) is 0 Å². The van der Waals surface area contributed by atoms with E-state index in [1.807, 2.05) is 7.05 Å². The second-order valence-electron chi connectivity index (χ2n) is 4.64. The maximum Gasteiger partial charge on any atom is 0.242 e. The van der Waals surface area contributed by atoms with Crippen LogP contribution in [0, 0.1) is 0 Å². The summed E-state index contributed by atoms with van der Waals surface area (Å²) in [7, 11) is -0.0958. The number of aliphatic hydroxyl groups excluding tert-OH is 1. The monoisotopic (exact) mass is 286 g/mol. The molecule has 0 amide bonds. The van der Waals surface area contributed by atoms with Gasteiger partial charge >= 0.3 is 0 Å². The van der Waals surface area contributed by atoms with Crippen molar-refractivity contribution in [1.82, 2.24) is 9.62 Å². The Labute approximate surface area is 115 Å². The topological polar surface area (TPSA) is 69.6 Å². The van der Waals surface area contributed by atoms with E-state index >= 15 is 0 Å². The van der Waals surface area contributed by atoms with E-state index in [2.05, 4.69) is 5.32 Å². The fraction of sp³-hybridized carbons (Fsp3) is 0.538. The fourth-order valence-electron chi connectivity index (χ4n) is 1.65. The average Bonchev–Trinajstić information content (AvgIpc) is 2.36. The molecule has 0 saturated heterocycles. The van der Waals surface area contributed by atoms with E-state index in [-0.39, 0.29) is 4.90 Å². The fourth-order valence-corrected chi connectivity index (χ4v) is 2.84. The van der Waals surface area contributed by atoms with Gasteiger partial charge in [0.2, 0.25) is 10.0 Å². The molecular weight excluding hydrogens is 264 g/mol. The summed E-state index contributed by atoms with van der Waals surface area (Å²) in [5.41, 5.74) is 1.04. The first-order valence-corrected chi connectivity index (χ1v) is 7.70. The van der Waals surface area contributed by atoms with Crippen LogP contribution in [-0.4, -0.2) is 44.6 Å². The predicted octanol–water partition coefficient (Wildman–Crippen LogP) is 0.797. The number of hydrogen-bond acceptors (Lipinski definition) is 4. The maximum atomic E-state index is 12.2. The Morgan fingerprint density at radius 2 is 1.89 bits per heavy atom. The first kappa shape index (κ1) is 16.1. The standard InChI is InChI=1S/C13H22N2O3S/c1-11(16)8-9-15(3)19(17,18)13-6-4-12(5-7-13)10-14-2/h4-7,11,14,16H,8-10H2,1-3H3. The zero-order chi connectivity index (χ0) is 14.5. The van der Waals surface area contributed by atoms with Crippen molar-refractivity contribution in [3.8, 4) is 0 Å². The lowest BCUT2D eigenvalue weighted by Crippen LogP contribution is -2.29. The van der Waals surface area contributed by atoms with Crippen LogP contribution in [0.1, 0.15) is 18.9 Å². The van der Waals surface area contributed by atoms with Gasteiger partial charge in [-0.2, -0.15) is 0 Å². The molecule has 0 spiro atoms. The Hall–Kier alpha value is -0.950. The molecule has 0 aliphatic rings. The molecule has 0 bridgehead atoms. The Morgan fingerprint density at radius 1 is 1.32 bits per heavy atom. The molecule has 108 valence electrons. The van der Waals surface area contributed by atoms with Gasteiger partial charge < -0.3 is 10.4 Å². The Morgan fingerprint density at radius 3 is 2.37 bits per heavy atom. The van der Waals surface area contributed by atoms with E-state index < -0.39 is 16.1 Å². The van der Waals surface area contributed by atoms with E-state index in [0.29, 0.717) is 19.5 Å². The van der Waals surface area contributed by atoms with Gasteiger partial charge in [0.25, 0.3) is 0 Å². The second-order valence-corrected chi connectivity index (χ2v) is 6.68. The lowest BCUT2D eigenvalue weighted by atomic mass is 10.2. The number of sulfonamides is 1. The maximum absolute atomic E-state index is 12.2. The van der Waals surface area contributed by atoms with Crippen molar-refractivity contribution >= 4 is 10.0 Å². The van der Waals surface area contributed by atoms with E-state index in [1.54, 1.807) is 31.2 Å². The summed E-state index contributed by atoms with van der Waals surface area (Å²) < 4.78 is 25.8. The van der Waals surface area contributed by atoms with Crippen LogP contribution >= 0.6 is 0 Å². The minimum atomic E-state index is -3.46. The molecule has 1 aromatic carbocycles. The van der Waals surface area contributed by atoms with Crippen molar-refractivity contribution in [2.45, 2.75) is 30.9 Å². The molecule has 0 radical (unpaired) electrons. The van der Waals surface area contributed by atoms with Crippen LogP contribution in [0.25, 0.3) is 0 Å². The van der Waals surface area contributed by atoms with Gasteiger partial charge in [-0.15, -0.1) is 0 Å². The van der Waals surface area contributed by atoms with Crippen molar-refractivity contribution in [3.63, 3.8) is 0 Å². The van der Waals surface area contributed by atoms with Crippen molar-refractivity contribution in [1.29, 1.82) is 0 Å². The molecule has 0 fully saturated rings. The van der Waals surface area contributed by atoms with Crippen LogP contribution in [0.3, 0.4) is 0 Å². The van der Waals surface area contributed by atoms with Gasteiger partial charge in [0.15, 0.2) is 0 Å². The van der Waals surface area contributed by atoms with E-state index in [1.165, 1.54) is 11.4 Å². The zero-order valence-corrected chi connectivity index (χ0v) is 12.4. The van der Waals surface area contributed by atoms with Gasteiger partial charge in [-0.25, -0.2) is 12.7 Å². The summed E-state index contributed by atoms with van der Waals surface area (Å²) in [5, 5.41) is 12.2. The second kappa shape index (κ2) is 7.00. The molecule has 0 aromatic heterocycles. The van der Waals surface area contributed by atoms with Crippen molar-refractivity contribution < 1.29 is 13.5 Å². The van der Waals surface area contributed by atoms with Gasteiger partial charge in [-0.3, -0.25) is 0 Å². The summed E-state index contributed by atoms with van der Waals surface area (Å²) in [6.07, 6.45) is -0.0798. The molecule has 2 N–H and O–H groups in total. The van der Waals surface area contributed by atoms with Crippen molar-refractivity contribution in [2.24, 2.45) is 0 Å². The first-order chi connectivity index (χ1) is 8.87. The summed E-state index contributed by atoms with van der Waals surface area (Å²) >= 11 is 0. The first-order valence-electron chi connectivity index (χ1n) is 6.26. The molecule has 0 heterocycles. The van der Waals surface area contributed by atoms with Crippen LogP contribution in [-0.2, 0) is 16.6 Å². The summed E-state index contributed by atoms with van der Waals surface area (Å²) in [4.78, 5) is 0.278. The largest absolute Gasteiger partial charge is 0.393 e. The van der Waals surface area contributed by atoms with Crippen LogP contribution in [0.4, 0.5) is 0 Å². The van der Waals surface area contributed by atoms with Crippen LogP contribution in [0.15, 0.2) is 29.2 Å². The molecule has 19 heavy (non-hydrogen) atoms. The predicted molar refractivity (Wildman–Crippen MR) is 75.3 cm³/mol. The molecule has 6 heteroatoms. The number of nitrogens with one attached hydrogen (secondary N) is 1. The van der Waals surface area contributed by atoms with Crippen LogP contribution < -0.4 is 5.32 Å². The minimum absolute atomic E-state index is 0.278. The van der Waals surface area contributed by atoms with Gasteiger partial charge in [-0.05, 0) is 38.1 Å². The lowest BCUT2D eigenvalue weighted by Gasteiger charge is -2.18.